The molecule has 0 bridgehead atoms. The summed E-state index contributed by atoms with van der Waals surface area (Å²) in [6.45, 7) is 1.62. The van der Waals surface area contributed by atoms with Gasteiger partial charge in [0.25, 0.3) is 11.5 Å². The zero-order chi connectivity index (χ0) is 18.0. The Balaban J connectivity index is 1.91. The number of rotatable bonds is 4. The van der Waals surface area contributed by atoms with Gasteiger partial charge in [-0.15, -0.1) is 0 Å². The van der Waals surface area contributed by atoms with Gasteiger partial charge in [-0.3, -0.25) is 9.59 Å². The Morgan fingerprint density at radius 2 is 2.00 bits per heavy atom. The van der Waals surface area contributed by atoms with Crippen molar-refractivity contribution in [3.8, 4) is 5.75 Å². The first-order valence-electron chi connectivity index (χ1n) is 7.63. The Morgan fingerprint density at radius 1 is 1.24 bits per heavy atom. The molecule has 3 aromatic rings. The van der Waals surface area contributed by atoms with Crippen LogP contribution in [-0.2, 0) is 0 Å². The van der Waals surface area contributed by atoms with E-state index < -0.39 is 23.3 Å². The molecule has 0 saturated carbocycles. The van der Waals surface area contributed by atoms with Crippen LogP contribution in [0.1, 0.15) is 29.1 Å². The van der Waals surface area contributed by atoms with Crippen LogP contribution < -0.4 is 15.6 Å². The monoisotopic (exact) mass is 341 g/mol. The molecule has 25 heavy (non-hydrogen) atoms. The van der Waals surface area contributed by atoms with Gasteiger partial charge in [0.2, 0.25) is 0 Å². The summed E-state index contributed by atoms with van der Waals surface area (Å²) in [7, 11) is 1.43. The van der Waals surface area contributed by atoms with E-state index in [1.165, 1.54) is 19.2 Å². The molecule has 1 atom stereocenters. The normalized spacial score (nSPS) is 12.0. The van der Waals surface area contributed by atoms with Crippen molar-refractivity contribution >= 4 is 16.8 Å². The molecule has 2 aromatic carbocycles. The highest BCUT2D eigenvalue weighted by atomic mass is 19.1. The highest BCUT2D eigenvalue weighted by molar-refractivity contribution is 5.92. The van der Waals surface area contributed by atoms with Gasteiger partial charge in [0.15, 0.2) is 5.82 Å². The summed E-state index contributed by atoms with van der Waals surface area (Å²) in [6, 6.07) is 10.4. The SMILES string of the molecule is COc1cccc(F)c1[C@H](C)NC(=O)c1nc2ccccc2c(=O)[nH]1. The highest BCUT2D eigenvalue weighted by Crippen LogP contribution is 2.27. The fourth-order valence-corrected chi connectivity index (χ4v) is 2.65. The van der Waals surface area contributed by atoms with Crippen molar-refractivity contribution in [1.82, 2.24) is 15.3 Å². The number of para-hydroxylation sites is 1. The summed E-state index contributed by atoms with van der Waals surface area (Å²) < 4.78 is 19.3. The van der Waals surface area contributed by atoms with E-state index in [4.69, 9.17) is 4.74 Å². The standard InChI is InChI=1S/C18H16FN3O3/c1-10(15-12(19)7-5-9-14(15)25-2)20-18(24)16-21-13-8-4-3-6-11(13)17(23)22-16/h3-10H,1-2H3,(H,20,24)(H,21,22,23)/t10-/m0/s1. The van der Waals surface area contributed by atoms with Crippen LogP contribution in [0.4, 0.5) is 4.39 Å². The molecular weight excluding hydrogens is 325 g/mol. The summed E-state index contributed by atoms with van der Waals surface area (Å²) in [5.41, 5.74) is 0.223. The predicted molar refractivity (Wildman–Crippen MR) is 91.2 cm³/mol. The van der Waals surface area contributed by atoms with Gasteiger partial charge in [-0.1, -0.05) is 18.2 Å². The average molecular weight is 341 g/mol. The molecule has 3 rings (SSSR count). The maximum atomic E-state index is 14.1. The number of fused-ring (bicyclic) bond motifs is 1. The third-order valence-electron chi connectivity index (χ3n) is 3.84. The van der Waals surface area contributed by atoms with Gasteiger partial charge in [0, 0.05) is 0 Å². The number of benzene rings is 2. The van der Waals surface area contributed by atoms with E-state index in [2.05, 4.69) is 15.3 Å². The maximum Gasteiger partial charge on any atom is 0.287 e. The Kier molecular flexibility index (Phi) is 4.47. The summed E-state index contributed by atoms with van der Waals surface area (Å²) in [5.74, 6) is -0.911. The van der Waals surface area contributed by atoms with Gasteiger partial charge in [0.05, 0.1) is 29.6 Å². The van der Waals surface area contributed by atoms with E-state index in [0.29, 0.717) is 16.7 Å². The average Bonchev–Trinajstić information content (AvgIpc) is 2.61. The molecule has 128 valence electrons. The van der Waals surface area contributed by atoms with Gasteiger partial charge in [-0.05, 0) is 31.2 Å². The molecule has 0 spiro atoms. The van der Waals surface area contributed by atoms with Crippen LogP contribution >= 0.6 is 0 Å². The van der Waals surface area contributed by atoms with Crippen LogP contribution in [0.25, 0.3) is 10.9 Å². The van der Waals surface area contributed by atoms with E-state index in [1.807, 2.05) is 0 Å². The topological polar surface area (TPSA) is 84.1 Å². The quantitative estimate of drug-likeness (QED) is 0.764. The molecule has 0 unspecified atom stereocenters. The number of halogens is 1. The molecule has 0 fully saturated rings. The van der Waals surface area contributed by atoms with Gasteiger partial charge < -0.3 is 15.0 Å². The molecule has 1 heterocycles. The smallest absolute Gasteiger partial charge is 0.287 e. The van der Waals surface area contributed by atoms with Crippen molar-refractivity contribution in [2.75, 3.05) is 7.11 Å². The van der Waals surface area contributed by atoms with E-state index >= 15 is 0 Å². The lowest BCUT2D eigenvalue weighted by Gasteiger charge is -2.17. The number of nitrogens with one attached hydrogen (secondary N) is 2. The largest absolute Gasteiger partial charge is 0.496 e. The summed E-state index contributed by atoms with van der Waals surface area (Å²) in [4.78, 5) is 31.1. The first-order valence-corrected chi connectivity index (χ1v) is 7.63. The minimum Gasteiger partial charge on any atom is -0.496 e. The second-order valence-electron chi connectivity index (χ2n) is 5.48. The number of aromatic nitrogens is 2. The number of nitrogens with zero attached hydrogens (tertiary/aromatic N) is 1. The summed E-state index contributed by atoms with van der Waals surface area (Å²) in [6.07, 6.45) is 0. The van der Waals surface area contributed by atoms with Crippen molar-refractivity contribution in [3.63, 3.8) is 0 Å². The first-order chi connectivity index (χ1) is 12.0. The molecule has 0 aliphatic rings. The van der Waals surface area contributed by atoms with Gasteiger partial charge in [-0.25, -0.2) is 9.37 Å². The zero-order valence-corrected chi connectivity index (χ0v) is 13.7. The van der Waals surface area contributed by atoms with Crippen molar-refractivity contribution in [1.29, 1.82) is 0 Å². The Hall–Kier alpha value is -3.22. The lowest BCUT2D eigenvalue weighted by molar-refractivity contribution is 0.0928. The van der Waals surface area contributed by atoms with Crippen molar-refractivity contribution in [2.24, 2.45) is 0 Å². The summed E-state index contributed by atoms with van der Waals surface area (Å²) >= 11 is 0. The molecule has 1 aromatic heterocycles. The minimum atomic E-state index is -0.680. The number of hydrogen-bond donors (Lipinski definition) is 2. The van der Waals surface area contributed by atoms with E-state index in [9.17, 15) is 14.0 Å². The number of H-pyrrole nitrogens is 1. The minimum absolute atomic E-state index is 0.133. The van der Waals surface area contributed by atoms with E-state index in [0.717, 1.165) is 0 Å². The van der Waals surface area contributed by atoms with Crippen LogP contribution in [0.5, 0.6) is 5.75 Å². The predicted octanol–water partition coefficient (Wildman–Crippen LogP) is 2.56. The highest BCUT2D eigenvalue weighted by Gasteiger charge is 2.20. The number of ether oxygens (including phenoxy) is 1. The zero-order valence-electron chi connectivity index (χ0n) is 13.7. The number of carbonyl (C=O) groups excluding carboxylic acids is 1. The molecule has 6 nitrogen and oxygen atoms in total. The second-order valence-corrected chi connectivity index (χ2v) is 5.48. The lowest BCUT2D eigenvalue weighted by Crippen LogP contribution is -2.30. The van der Waals surface area contributed by atoms with Crippen molar-refractivity contribution in [3.05, 3.63) is 70.0 Å². The Morgan fingerprint density at radius 3 is 2.76 bits per heavy atom. The third kappa shape index (κ3) is 3.21. The van der Waals surface area contributed by atoms with Crippen LogP contribution in [0, 0.1) is 5.82 Å². The van der Waals surface area contributed by atoms with Gasteiger partial charge in [-0.2, -0.15) is 0 Å². The van der Waals surface area contributed by atoms with Crippen LogP contribution in [0.15, 0.2) is 47.3 Å². The number of carbonyl (C=O) groups is 1. The van der Waals surface area contributed by atoms with E-state index in [1.54, 1.807) is 37.3 Å². The van der Waals surface area contributed by atoms with E-state index in [-0.39, 0.29) is 11.4 Å². The van der Waals surface area contributed by atoms with Crippen molar-refractivity contribution < 1.29 is 13.9 Å². The van der Waals surface area contributed by atoms with Crippen molar-refractivity contribution in [2.45, 2.75) is 13.0 Å². The number of aromatic amines is 1. The molecule has 0 aliphatic carbocycles. The van der Waals surface area contributed by atoms with Gasteiger partial charge in [0.1, 0.15) is 11.6 Å². The first kappa shape index (κ1) is 16.6. The fourth-order valence-electron chi connectivity index (χ4n) is 2.65. The second kappa shape index (κ2) is 6.72. The molecule has 0 radical (unpaired) electrons. The Bertz CT molecular complexity index is 1000. The molecule has 7 heteroatoms. The van der Waals surface area contributed by atoms with Crippen LogP contribution in [0.3, 0.4) is 0 Å². The lowest BCUT2D eigenvalue weighted by atomic mass is 10.1. The number of hydrogen-bond acceptors (Lipinski definition) is 4. The number of amides is 1. The fraction of sp³-hybridized carbons (Fsp3) is 0.167. The molecule has 2 N–H and O–H groups in total. The molecular formula is C18H16FN3O3. The maximum absolute atomic E-state index is 14.1. The van der Waals surface area contributed by atoms with Crippen LogP contribution in [-0.4, -0.2) is 23.0 Å². The third-order valence-corrected chi connectivity index (χ3v) is 3.84. The Labute approximate surface area is 142 Å². The van der Waals surface area contributed by atoms with Gasteiger partial charge >= 0.3 is 0 Å². The number of methoxy groups -OCH3 is 1. The van der Waals surface area contributed by atoms with Crippen LogP contribution in [0.2, 0.25) is 0 Å². The molecule has 0 saturated heterocycles. The molecule has 0 aliphatic heterocycles. The molecule has 1 amide bonds. The summed E-state index contributed by atoms with van der Waals surface area (Å²) in [5, 5.41) is 3.02.